The van der Waals surface area contributed by atoms with E-state index in [0.717, 1.165) is 11.8 Å². The number of urea groups is 1. The molecule has 0 bridgehead atoms. The van der Waals surface area contributed by atoms with E-state index in [-0.39, 0.29) is 17.2 Å². The fraction of sp³-hybridized carbons (Fsp3) is 0.400. The molecule has 1 aliphatic rings. The molecule has 2 heterocycles. The van der Waals surface area contributed by atoms with Crippen molar-refractivity contribution in [2.24, 2.45) is 0 Å². The van der Waals surface area contributed by atoms with Crippen LogP contribution in [0.3, 0.4) is 0 Å². The zero-order chi connectivity index (χ0) is 25.5. The van der Waals surface area contributed by atoms with Crippen LogP contribution in [0.15, 0.2) is 36.5 Å². The first kappa shape index (κ1) is 25.7. The van der Waals surface area contributed by atoms with E-state index in [4.69, 9.17) is 25.8 Å². The highest BCUT2D eigenvalue weighted by molar-refractivity contribution is 6.31. The van der Waals surface area contributed by atoms with Gasteiger partial charge >= 0.3 is 6.03 Å². The van der Waals surface area contributed by atoms with Crippen molar-refractivity contribution in [2.75, 3.05) is 45.8 Å². The van der Waals surface area contributed by atoms with Gasteiger partial charge < -0.3 is 29.7 Å². The number of hydrogen-bond donors (Lipinski definition) is 2. The average Bonchev–Trinajstić information content (AvgIpc) is 2.89. The molecule has 1 aromatic heterocycles. The number of hydrogen-bond acceptors (Lipinski definition) is 7. The SMILES string of the molecule is COCCCNC(=O)N1CCC(Oc2cc3cnc(Nc4ccc(F)c(Cl)c4)nc3cc2OC)CC1. The molecule has 0 saturated carbocycles. The second-order valence-corrected chi connectivity index (χ2v) is 8.80. The number of likely N-dealkylation sites (tertiary alicyclic amines) is 1. The van der Waals surface area contributed by atoms with Crippen molar-refractivity contribution in [1.82, 2.24) is 20.2 Å². The molecule has 1 fully saturated rings. The Morgan fingerprint density at radius 3 is 2.72 bits per heavy atom. The Morgan fingerprint density at radius 1 is 1.19 bits per heavy atom. The number of aromatic nitrogens is 2. The van der Waals surface area contributed by atoms with Gasteiger partial charge in [0.25, 0.3) is 0 Å². The number of ether oxygens (including phenoxy) is 3. The third-order valence-electron chi connectivity index (χ3n) is 5.87. The van der Waals surface area contributed by atoms with Crippen LogP contribution in [0.5, 0.6) is 11.5 Å². The largest absolute Gasteiger partial charge is 0.493 e. The van der Waals surface area contributed by atoms with E-state index in [0.29, 0.717) is 67.7 Å². The number of nitrogens with zero attached hydrogens (tertiary/aromatic N) is 3. The highest BCUT2D eigenvalue weighted by Gasteiger charge is 2.25. The van der Waals surface area contributed by atoms with E-state index in [2.05, 4.69) is 20.6 Å². The molecule has 2 aromatic carbocycles. The van der Waals surface area contributed by atoms with E-state index >= 15 is 0 Å². The molecular weight excluding hydrogens is 489 g/mol. The Kier molecular flexibility index (Phi) is 8.61. The van der Waals surface area contributed by atoms with Gasteiger partial charge in [0, 0.05) is 69.5 Å². The van der Waals surface area contributed by atoms with Gasteiger partial charge in [-0.15, -0.1) is 0 Å². The summed E-state index contributed by atoms with van der Waals surface area (Å²) in [6, 6.07) is 7.89. The molecule has 11 heteroatoms. The molecule has 0 atom stereocenters. The number of rotatable bonds is 9. The van der Waals surface area contributed by atoms with Crippen LogP contribution in [0.25, 0.3) is 10.9 Å². The quantitative estimate of drug-likeness (QED) is 0.395. The summed E-state index contributed by atoms with van der Waals surface area (Å²) in [6.07, 6.45) is 3.85. The third-order valence-corrected chi connectivity index (χ3v) is 6.15. The molecule has 0 unspecified atom stereocenters. The first-order valence-electron chi connectivity index (χ1n) is 11.7. The number of carbonyl (C=O) groups is 1. The molecule has 1 saturated heterocycles. The summed E-state index contributed by atoms with van der Waals surface area (Å²) in [5.74, 6) is 0.997. The Balaban J connectivity index is 1.39. The molecule has 3 aromatic rings. The monoisotopic (exact) mass is 517 g/mol. The number of methoxy groups -OCH3 is 2. The topological polar surface area (TPSA) is 97.8 Å². The number of carbonyl (C=O) groups excluding carboxylic acids is 1. The summed E-state index contributed by atoms with van der Waals surface area (Å²) in [4.78, 5) is 23.0. The summed E-state index contributed by atoms with van der Waals surface area (Å²) in [5.41, 5.74) is 1.23. The number of fused-ring (bicyclic) bond motifs is 1. The smallest absolute Gasteiger partial charge is 0.317 e. The zero-order valence-corrected chi connectivity index (χ0v) is 21.0. The predicted octanol–water partition coefficient (Wildman–Crippen LogP) is 4.76. The first-order chi connectivity index (χ1) is 17.5. The molecule has 0 aliphatic carbocycles. The van der Waals surface area contributed by atoms with Crippen molar-refractivity contribution >= 4 is 40.2 Å². The lowest BCUT2D eigenvalue weighted by atomic mass is 10.1. The lowest BCUT2D eigenvalue weighted by Crippen LogP contribution is -2.46. The van der Waals surface area contributed by atoms with Crippen molar-refractivity contribution in [2.45, 2.75) is 25.4 Å². The number of anilines is 2. The normalized spacial score (nSPS) is 14.1. The third kappa shape index (κ3) is 6.44. The minimum Gasteiger partial charge on any atom is -0.493 e. The first-order valence-corrected chi connectivity index (χ1v) is 12.1. The van der Waals surface area contributed by atoms with Crippen molar-refractivity contribution in [3.63, 3.8) is 0 Å². The second kappa shape index (κ2) is 12.0. The molecular formula is C25H29ClFN5O4. The van der Waals surface area contributed by atoms with Crippen molar-refractivity contribution in [3.05, 3.63) is 47.4 Å². The van der Waals surface area contributed by atoms with Crippen molar-refractivity contribution < 1.29 is 23.4 Å². The van der Waals surface area contributed by atoms with Gasteiger partial charge in [0.15, 0.2) is 11.5 Å². The van der Waals surface area contributed by atoms with Gasteiger partial charge in [-0.1, -0.05) is 11.6 Å². The minimum absolute atomic E-state index is 0.0118. The van der Waals surface area contributed by atoms with E-state index in [1.165, 1.54) is 12.1 Å². The van der Waals surface area contributed by atoms with Crippen LogP contribution in [-0.2, 0) is 4.74 Å². The van der Waals surface area contributed by atoms with Gasteiger partial charge in [-0.05, 0) is 30.7 Å². The van der Waals surface area contributed by atoms with Crippen LogP contribution in [0.4, 0.5) is 20.8 Å². The van der Waals surface area contributed by atoms with E-state index in [1.54, 1.807) is 37.4 Å². The standard InChI is InChI=1S/C25H29ClFN5O4/c1-34-11-3-8-28-25(33)32-9-6-18(7-10-32)36-23-12-16-15-29-24(31-21(16)14-22(23)35-2)30-17-4-5-20(27)19(26)13-17/h4-5,12-15,18H,3,6-11H2,1-2H3,(H,28,33)(H,29,30,31). The maximum atomic E-state index is 13.4. The molecule has 4 rings (SSSR count). The number of halogens is 2. The fourth-order valence-electron chi connectivity index (χ4n) is 3.93. The van der Waals surface area contributed by atoms with E-state index in [9.17, 15) is 9.18 Å². The van der Waals surface area contributed by atoms with Crippen molar-refractivity contribution in [3.8, 4) is 11.5 Å². The summed E-state index contributed by atoms with van der Waals surface area (Å²) >= 11 is 5.85. The van der Waals surface area contributed by atoms with Gasteiger partial charge in [-0.25, -0.2) is 19.2 Å². The van der Waals surface area contributed by atoms with Crippen LogP contribution in [0, 0.1) is 5.82 Å². The minimum atomic E-state index is -0.495. The molecule has 36 heavy (non-hydrogen) atoms. The molecule has 0 radical (unpaired) electrons. The molecule has 1 aliphatic heterocycles. The van der Waals surface area contributed by atoms with Crippen molar-refractivity contribution in [1.29, 1.82) is 0 Å². The molecule has 192 valence electrons. The molecule has 2 amide bonds. The Bertz CT molecular complexity index is 1210. The number of piperidine rings is 1. The fourth-order valence-corrected chi connectivity index (χ4v) is 4.11. The molecule has 2 N–H and O–H groups in total. The Morgan fingerprint density at radius 2 is 2.00 bits per heavy atom. The van der Waals surface area contributed by atoms with Gasteiger partial charge in [-0.2, -0.15) is 0 Å². The highest BCUT2D eigenvalue weighted by atomic mass is 35.5. The van der Waals surface area contributed by atoms with Gasteiger partial charge in [0.1, 0.15) is 11.9 Å². The summed E-state index contributed by atoms with van der Waals surface area (Å²) < 4.78 is 30.2. The summed E-state index contributed by atoms with van der Waals surface area (Å²) in [5, 5.41) is 6.73. The zero-order valence-electron chi connectivity index (χ0n) is 20.2. The Hall–Kier alpha value is -3.37. The summed E-state index contributed by atoms with van der Waals surface area (Å²) in [7, 11) is 3.22. The molecule has 9 nitrogen and oxygen atoms in total. The number of amides is 2. The number of benzene rings is 2. The van der Waals surface area contributed by atoms with E-state index in [1.807, 2.05) is 6.07 Å². The second-order valence-electron chi connectivity index (χ2n) is 8.39. The average molecular weight is 518 g/mol. The Labute approximate surface area is 213 Å². The van der Waals surface area contributed by atoms with Gasteiger partial charge in [0.05, 0.1) is 17.6 Å². The lowest BCUT2D eigenvalue weighted by Gasteiger charge is -2.32. The van der Waals surface area contributed by atoms with Crippen LogP contribution < -0.4 is 20.1 Å². The number of nitrogens with one attached hydrogen (secondary N) is 2. The summed E-state index contributed by atoms with van der Waals surface area (Å²) in [6.45, 7) is 2.44. The highest BCUT2D eigenvalue weighted by Crippen LogP contribution is 2.34. The lowest BCUT2D eigenvalue weighted by molar-refractivity contribution is 0.108. The van der Waals surface area contributed by atoms with Crippen LogP contribution in [0.1, 0.15) is 19.3 Å². The maximum absolute atomic E-state index is 13.4. The van der Waals surface area contributed by atoms with E-state index < -0.39 is 5.82 Å². The van der Waals surface area contributed by atoms with Crippen LogP contribution in [-0.4, -0.2) is 67.5 Å². The maximum Gasteiger partial charge on any atom is 0.317 e. The molecule has 0 spiro atoms. The van der Waals surface area contributed by atoms with Crippen LogP contribution in [0.2, 0.25) is 5.02 Å². The van der Waals surface area contributed by atoms with Gasteiger partial charge in [0.2, 0.25) is 5.95 Å². The van der Waals surface area contributed by atoms with Crippen LogP contribution >= 0.6 is 11.6 Å². The predicted molar refractivity (Wildman–Crippen MR) is 136 cm³/mol. The van der Waals surface area contributed by atoms with Gasteiger partial charge in [-0.3, -0.25) is 0 Å².